The lowest BCUT2D eigenvalue weighted by atomic mass is 10.2. The second-order valence-electron chi connectivity index (χ2n) is 3.15. The quantitative estimate of drug-likeness (QED) is 0.409. The van der Waals surface area contributed by atoms with Crippen LogP contribution >= 0.6 is 11.3 Å². The Kier molecular flexibility index (Phi) is 4.29. The van der Waals surface area contributed by atoms with Crippen LogP contribution in [0.5, 0.6) is 0 Å². The Hall–Kier alpha value is -1.37. The summed E-state index contributed by atoms with van der Waals surface area (Å²) in [6.45, 7) is 9.59. The Morgan fingerprint density at radius 2 is 2.27 bits per heavy atom. The SMILES string of the molecule is C=C=C(C)/C(=C/C)N=C(C)c1cccs1. The van der Waals surface area contributed by atoms with Gasteiger partial charge in [-0.15, -0.1) is 17.1 Å². The first kappa shape index (κ1) is 11.7. The van der Waals surface area contributed by atoms with Gasteiger partial charge in [0.1, 0.15) is 0 Å². The van der Waals surface area contributed by atoms with E-state index in [9.17, 15) is 0 Å². The first-order chi connectivity index (χ1) is 7.19. The molecule has 0 spiro atoms. The predicted octanol–water partition coefficient (Wildman–Crippen LogP) is 4.19. The fourth-order valence-electron chi connectivity index (χ4n) is 1.18. The molecule has 0 aliphatic carbocycles. The minimum atomic E-state index is 0.941. The molecular formula is C13H15NS. The van der Waals surface area contributed by atoms with E-state index in [0.717, 1.165) is 17.0 Å². The molecule has 1 nitrogen and oxygen atoms in total. The Bertz CT molecular complexity index is 429. The largest absolute Gasteiger partial charge is 0.252 e. The second-order valence-corrected chi connectivity index (χ2v) is 4.10. The van der Waals surface area contributed by atoms with Crippen LogP contribution in [-0.2, 0) is 0 Å². The van der Waals surface area contributed by atoms with Gasteiger partial charge in [-0.05, 0) is 32.2 Å². The summed E-state index contributed by atoms with van der Waals surface area (Å²) in [5.74, 6) is 0. The molecule has 0 aliphatic rings. The van der Waals surface area contributed by atoms with Crippen LogP contribution in [0.4, 0.5) is 0 Å². The van der Waals surface area contributed by atoms with Gasteiger partial charge in [-0.1, -0.05) is 18.7 Å². The van der Waals surface area contributed by atoms with Gasteiger partial charge in [0, 0.05) is 10.5 Å². The highest BCUT2D eigenvalue weighted by molar-refractivity contribution is 7.12. The van der Waals surface area contributed by atoms with E-state index >= 15 is 0 Å². The predicted molar refractivity (Wildman–Crippen MR) is 68.6 cm³/mol. The zero-order valence-electron chi connectivity index (χ0n) is 9.37. The molecule has 15 heavy (non-hydrogen) atoms. The van der Waals surface area contributed by atoms with Gasteiger partial charge in [0.05, 0.1) is 11.4 Å². The third-order valence-corrected chi connectivity index (χ3v) is 3.07. The third-order valence-electron chi connectivity index (χ3n) is 2.09. The van der Waals surface area contributed by atoms with Gasteiger partial charge >= 0.3 is 0 Å². The number of rotatable bonds is 3. The molecule has 2 heteroatoms. The van der Waals surface area contributed by atoms with Gasteiger partial charge in [0.15, 0.2) is 0 Å². The fraction of sp³-hybridized carbons (Fsp3) is 0.231. The fourth-order valence-corrected chi connectivity index (χ4v) is 1.85. The molecule has 0 radical (unpaired) electrons. The van der Waals surface area contributed by atoms with E-state index in [1.807, 2.05) is 32.9 Å². The van der Waals surface area contributed by atoms with Crippen molar-refractivity contribution in [1.82, 2.24) is 0 Å². The molecule has 1 aromatic rings. The molecule has 78 valence electrons. The van der Waals surface area contributed by atoms with Crippen molar-refractivity contribution in [2.45, 2.75) is 20.8 Å². The first-order valence-electron chi connectivity index (χ1n) is 4.81. The molecule has 0 aliphatic heterocycles. The summed E-state index contributed by atoms with van der Waals surface area (Å²) in [5.41, 5.74) is 5.82. The monoisotopic (exact) mass is 217 g/mol. The average Bonchev–Trinajstić information content (AvgIpc) is 2.77. The van der Waals surface area contributed by atoms with Crippen molar-refractivity contribution in [1.29, 1.82) is 0 Å². The van der Waals surface area contributed by atoms with E-state index in [-0.39, 0.29) is 0 Å². The lowest BCUT2D eigenvalue weighted by Crippen LogP contribution is -1.92. The molecule has 0 N–H and O–H groups in total. The Morgan fingerprint density at radius 3 is 2.73 bits per heavy atom. The molecule has 1 heterocycles. The summed E-state index contributed by atoms with van der Waals surface area (Å²) < 4.78 is 0. The van der Waals surface area contributed by atoms with E-state index < -0.39 is 0 Å². The Morgan fingerprint density at radius 1 is 1.53 bits per heavy atom. The summed E-state index contributed by atoms with van der Waals surface area (Å²) in [5, 5.41) is 2.06. The van der Waals surface area contributed by atoms with Gasteiger partial charge in [-0.2, -0.15) is 0 Å². The highest BCUT2D eigenvalue weighted by Gasteiger charge is 2.00. The molecule has 0 fully saturated rings. The zero-order valence-corrected chi connectivity index (χ0v) is 10.2. The van der Waals surface area contributed by atoms with Crippen LogP contribution in [0.25, 0.3) is 0 Å². The number of aliphatic imine (C=N–C) groups is 1. The third kappa shape index (κ3) is 3.05. The van der Waals surface area contributed by atoms with Gasteiger partial charge in [0.25, 0.3) is 0 Å². The van der Waals surface area contributed by atoms with Crippen LogP contribution in [0.1, 0.15) is 25.6 Å². The van der Waals surface area contributed by atoms with E-state index in [1.165, 1.54) is 4.88 Å². The summed E-state index contributed by atoms with van der Waals surface area (Å²) in [4.78, 5) is 5.76. The standard InChI is InChI=1S/C13H15NS/c1-5-10(3)12(6-2)14-11(4)13-8-7-9-15-13/h6-9H,1H2,2-4H3/b12-6-,14-11?. The lowest BCUT2D eigenvalue weighted by molar-refractivity contribution is 1.27. The maximum Gasteiger partial charge on any atom is 0.0696 e. The smallest absolute Gasteiger partial charge is 0.0696 e. The van der Waals surface area contributed by atoms with Crippen LogP contribution in [-0.4, -0.2) is 5.71 Å². The van der Waals surface area contributed by atoms with Gasteiger partial charge in [0.2, 0.25) is 0 Å². The Balaban J connectivity index is 3.01. The molecule has 1 aromatic heterocycles. The summed E-state index contributed by atoms with van der Waals surface area (Å²) in [6.07, 6.45) is 1.98. The maximum atomic E-state index is 4.56. The minimum Gasteiger partial charge on any atom is -0.252 e. The zero-order chi connectivity index (χ0) is 11.3. The van der Waals surface area contributed by atoms with Gasteiger partial charge in [-0.3, -0.25) is 4.99 Å². The summed E-state index contributed by atoms with van der Waals surface area (Å²) >= 11 is 1.70. The molecule has 0 bridgehead atoms. The highest BCUT2D eigenvalue weighted by atomic mass is 32.1. The van der Waals surface area contributed by atoms with Crippen molar-refractivity contribution < 1.29 is 0 Å². The molecule has 1 rings (SSSR count). The lowest BCUT2D eigenvalue weighted by Gasteiger charge is -2.01. The number of hydrogen-bond acceptors (Lipinski definition) is 2. The molecule has 0 saturated carbocycles. The van der Waals surface area contributed by atoms with Crippen LogP contribution in [0.2, 0.25) is 0 Å². The van der Waals surface area contributed by atoms with E-state index in [1.54, 1.807) is 11.3 Å². The maximum absolute atomic E-state index is 4.56. The van der Waals surface area contributed by atoms with Crippen molar-refractivity contribution in [3.63, 3.8) is 0 Å². The number of hydrogen-bond donors (Lipinski definition) is 0. The molecule has 0 aromatic carbocycles. The molecule has 0 amide bonds. The van der Waals surface area contributed by atoms with E-state index in [0.29, 0.717) is 0 Å². The highest BCUT2D eigenvalue weighted by Crippen LogP contribution is 2.15. The summed E-state index contributed by atoms with van der Waals surface area (Å²) in [6, 6.07) is 4.11. The van der Waals surface area contributed by atoms with Crippen molar-refractivity contribution in [2.75, 3.05) is 0 Å². The molecule has 0 atom stereocenters. The van der Waals surface area contributed by atoms with Crippen molar-refractivity contribution in [3.8, 4) is 0 Å². The summed E-state index contributed by atoms with van der Waals surface area (Å²) in [7, 11) is 0. The minimum absolute atomic E-state index is 0.941. The number of allylic oxidation sites excluding steroid dienone is 2. The number of nitrogens with zero attached hydrogens (tertiary/aromatic N) is 1. The average molecular weight is 217 g/mol. The van der Waals surface area contributed by atoms with Gasteiger partial charge in [-0.25, -0.2) is 0 Å². The van der Waals surface area contributed by atoms with Crippen LogP contribution < -0.4 is 0 Å². The Labute approximate surface area is 95.2 Å². The van der Waals surface area contributed by atoms with E-state index in [4.69, 9.17) is 0 Å². The molecule has 0 saturated heterocycles. The van der Waals surface area contributed by atoms with Crippen LogP contribution in [0.15, 0.2) is 52.2 Å². The molecular weight excluding hydrogens is 202 g/mol. The van der Waals surface area contributed by atoms with Crippen molar-refractivity contribution in [2.24, 2.45) is 4.99 Å². The first-order valence-corrected chi connectivity index (χ1v) is 5.69. The van der Waals surface area contributed by atoms with Crippen molar-refractivity contribution in [3.05, 3.63) is 52.0 Å². The number of thiophene rings is 1. The van der Waals surface area contributed by atoms with E-state index in [2.05, 4.69) is 28.7 Å². The topological polar surface area (TPSA) is 12.4 Å². The van der Waals surface area contributed by atoms with Crippen LogP contribution in [0.3, 0.4) is 0 Å². The van der Waals surface area contributed by atoms with Gasteiger partial charge < -0.3 is 0 Å². The van der Waals surface area contributed by atoms with Crippen LogP contribution in [0, 0.1) is 0 Å². The molecule has 0 unspecified atom stereocenters. The normalized spacial score (nSPS) is 12.5. The second kappa shape index (κ2) is 5.50. The van der Waals surface area contributed by atoms with Crippen molar-refractivity contribution >= 4 is 17.0 Å².